The monoisotopic (exact) mass is 390 g/mol. The van der Waals surface area contributed by atoms with E-state index in [1.807, 2.05) is 30.5 Å². The summed E-state index contributed by atoms with van der Waals surface area (Å²) in [7, 11) is 2.99. The molecule has 1 atom stereocenters. The molecule has 144 valence electrons. The summed E-state index contributed by atoms with van der Waals surface area (Å²) in [6, 6.07) is 4.87. The number of esters is 1. The van der Waals surface area contributed by atoms with Crippen LogP contribution in [0, 0.1) is 0 Å². The third-order valence-electron chi connectivity index (χ3n) is 4.38. The van der Waals surface area contributed by atoms with E-state index < -0.39 is 12.0 Å². The van der Waals surface area contributed by atoms with Crippen molar-refractivity contribution in [3.63, 3.8) is 0 Å². The average Bonchev–Trinajstić information content (AvgIpc) is 3.16. The number of amides is 1. The van der Waals surface area contributed by atoms with E-state index in [-0.39, 0.29) is 12.5 Å². The molecule has 2 aromatic rings. The van der Waals surface area contributed by atoms with Crippen molar-refractivity contribution < 1.29 is 23.8 Å². The molecule has 1 aliphatic rings. The Hall–Kier alpha value is -2.45. The van der Waals surface area contributed by atoms with Crippen LogP contribution >= 0.6 is 11.3 Å². The number of hydrogen-bond donors (Lipinski definition) is 0. The quantitative estimate of drug-likeness (QED) is 0.677. The van der Waals surface area contributed by atoms with Crippen LogP contribution in [0.2, 0.25) is 0 Å². The van der Waals surface area contributed by atoms with Gasteiger partial charge in [0.1, 0.15) is 11.8 Å². The van der Waals surface area contributed by atoms with Crippen molar-refractivity contribution in [2.75, 3.05) is 32.3 Å². The van der Waals surface area contributed by atoms with Crippen molar-refractivity contribution in [1.29, 1.82) is 0 Å². The first-order valence-corrected chi connectivity index (χ1v) is 9.57. The van der Waals surface area contributed by atoms with Gasteiger partial charge >= 0.3 is 5.97 Å². The second kappa shape index (κ2) is 8.49. The lowest BCUT2D eigenvalue weighted by Gasteiger charge is -2.34. The number of nitrogens with zero attached hydrogens (tertiary/aromatic N) is 2. The molecule has 8 heteroatoms. The molecule has 1 aliphatic heterocycles. The van der Waals surface area contributed by atoms with Crippen molar-refractivity contribution in [2.45, 2.75) is 25.8 Å². The van der Waals surface area contributed by atoms with Crippen LogP contribution < -0.4 is 9.64 Å². The summed E-state index contributed by atoms with van der Waals surface area (Å²) in [5.41, 5.74) is 2.24. The number of benzene rings is 1. The van der Waals surface area contributed by atoms with Crippen molar-refractivity contribution in [1.82, 2.24) is 4.98 Å². The van der Waals surface area contributed by atoms with Gasteiger partial charge in [-0.05, 0) is 24.6 Å². The second-order valence-corrected chi connectivity index (χ2v) is 6.99. The van der Waals surface area contributed by atoms with Gasteiger partial charge in [-0.1, -0.05) is 6.92 Å². The van der Waals surface area contributed by atoms with Crippen molar-refractivity contribution in [3.05, 3.63) is 28.6 Å². The molecule has 1 aromatic heterocycles. The molecule has 1 amide bonds. The maximum Gasteiger partial charge on any atom is 0.328 e. The van der Waals surface area contributed by atoms with Gasteiger partial charge in [-0.25, -0.2) is 9.78 Å². The molecule has 0 fully saturated rings. The Morgan fingerprint density at radius 3 is 2.93 bits per heavy atom. The van der Waals surface area contributed by atoms with Crippen LogP contribution in [0.15, 0.2) is 23.6 Å². The first-order chi connectivity index (χ1) is 13.1. The van der Waals surface area contributed by atoms with Crippen LogP contribution in [0.1, 0.15) is 18.4 Å². The van der Waals surface area contributed by atoms with E-state index in [1.165, 1.54) is 12.0 Å². The number of carbonyl (C=O) groups is 2. The molecule has 0 saturated heterocycles. The summed E-state index contributed by atoms with van der Waals surface area (Å²) in [5, 5.41) is 2.95. The van der Waals surface area contributed by atoms with Crippen LogP contribution in [-0.2, 0) is 25.5 Å². The summed E-state index contributed by atoms with van der Waals surface area (Å²) < 4.78 is 15.5. The highest BCUT2D eigenvalue weighted by molar-refractivity contribution is 7.09. The fourth-order valence-corrected chi connectivity index (χ4v) is 3.80. The zero-order valence-corrected chi connectivity index (χ0v) is 16.4. The highest BCUT2D eigenvalue weighted by Crippen LogP contribution is 2.38. The van der Waals surface area contributed by atoms with Gasteiger partial charge in [0, 0.05) is 24.5 Å². The predicted octanol–water partition coefficient (Wildman–Crippen LogP) is 2.68. The first-order valence-electron chi connectivity index (χ1n) is 8.69. The number of carbonyl (C=O) groups excluding carboxylic acids is 2. The van der Waals surface area contributed by atoms with Gasteiger partial charge in [0.05, 0.1) is 30.1 Å². The molecule has 27 heavy (non-hydrogen) atoms. The number of fused-ring (bicyclic) bond motifs is 1. The second-order valence-electron chi connectivity index (χ2n) is 6.05. The maximum atomic E-state index is 12.5. The van der Waals surface area contributed by atoms with E-state index >= 15 is 0 Å². The zero-order chi connectivity index (χ0) is 19.4. The van der Waals surface area contributed by atoms with Crippen LogP contribution in [0.25, 0.3) is 11.3 Å². The van der Waals surface area contributed by atoms with Gasteiger partial charge in [0.25, 0.3) is 5.91 Å². The van der Waals surface area contributed by atoms with E-state index in [4.69, 9.17) is 14.2 Å². The van der Waals surface area contributed by atoms with Gasteiger partial charge in [-0.2, -0.15) is 0 Å². The normalized spacial score (nSPS) is 14.5. The third kappa shape index (κ3) is 3.96. The highest BCUT2D eigenvalue weighted by Gasteiger charge is 2.35. The summed E-state index contributed by atoms with van der Waals surface area (Å²) in [4.78, 5) is 30.8. The van der Waals surface area contributed by atoms with Crippen LogP contribution in [-0.4, -0.2) is 50.3 Å². The molecule has 2 heterocycles. The van der Waals surface area contributed by atoms with E-state index in [1.54, 1.807) is 18.4 Å². The van der Waals surface area contributed by atoms with Gasteiger partial charge in [-0.15, -0.1) is 11.3 Å². The lowest BCUT2D eigenvalue weighted by molar-refractivity contribution is -0.144. The molecule has 1 unspecified atom stereocenters. The largest absolute Gasteiger partial charge is 0.482 e. The van der Waals surface area contributed by atoms with Crippen molar-refractivity contribution >= 4 is 28.9 Å². The first kappa shape index (κ1) is 19.3. The number of hydrogen-bond acceptors (Lipinski definition) is 7. The number of thiazole rings is 1. The lowest BCUT2D eigenvalue weighted by atomic mass is 10.1. The third-order valence-corrected chi connectivity index (χ3v) is 5.29. The zero-order valence-electron chi connectivity index (χ0n) is 15.6. The van der Waals surface area contributed by atoms with E-state index in [0.29, 0.717) is 24.5 Å². The molecular weight excluding hydrogens is 368 g/mol. The molecule has 3 rings (SSSR count). The Kier molecular flexibility index (Phi) is 6.08. The number of methoxy groups -OCH3 is 2. The number of ether oxygens (including phenoxy) is 3. The van der Waals surface area contributed by atoms with Crippen molar-refractivity contribution in [2.24, 2.45) is 0 Å². The predicted molar refractivity (Wildman–Crippen MR) is 102 cm³/mol. The Labute approximate surface area is 161 Å². The van der Waals surface area contributed by atoms with Gasteiger partial charge in [-0.3, -0.25) is 9.69 Å². The van der Waals surface area contributed by atoms with Gasteiger partial charge in [0.15, 0.2) is 6.61 Å². The summed E-state index contributed by atoms with van der Waals surface area (Å²) in [5.74, 6) is -0.147. The molecule has 0 saturated carbocycles. The topological polar surface area (TPSA) is 78.0 Å². The Balaban J connectivity index is 1.97. The van der Waals surface area contributed by atoms with Crippen LogP contribution in [0.4, 0.5) is 5.69 Å². The minimum Gasteiger partial charge on any atom is -0.482 e. The van der Waals surface area contributed by atoms with E-state index in [2.05, 4.69) is 4.98 Å². The van der Waals surface area contributed by atoms with Crippen LogP contribution in [0.3, 0.4) is 0 Å². The smallest absolute Gasteiger partial charge is 0.328 e. The fraction of sp³-hybridized carbons (Fsp3) is 0.421. The summed E-state index contributed by atoms with van der Waals surface area (Å²) in [6.07, 6.45) is 1.19. The minimum atomic E-state index is -0.687. The molecule has 0 N–H and O–H groups in total. The number of anilines is 1. The van der Waals surface area contributed by atoms with Crippen molar-refractivity contribution in [3.8, 4) is 17.0 Å². The maximum absolute atomic E-state index is 12.5. The van der Waals surface area contributed by atoms with Gasteiger partial charge in [0.2, 0.25) is 0 Å². The van der Waals surface area contributed by atoms with Gasteiger partial charge < -0.3 is 14.2 Å². The number of rotatable bonds is 7. The Morgan fingerprint density at radius 2 is 2.22 bits per heavy atom. The summed E-state index contributed by atoms with van der Waals surface area (Å²) >= 11 is 1.57. The molecular formula is C19H22N2O5S. The molecule has 0 aliphatic carbocycles. The molecule has 0 spiro atoms. The van der Waals surface area contributed by atoms with Crippen LogP contribution in [0.5, 0.6) is 5.75 Å². The SMILES string of the molecule is CCC(C(=O)OC)N1C(=O)COc2ccc(-c3csc(CCOC)n3)cc21. The van der Waals surface area contributed by atoms with E-state index in [0.717, 1.165) is 22.7 Å². The molecule has 7 nitrogen and oxygen atoms in total. The standard InChI is InChI=1S/C19H22N2O5S/c1-4-14(19(23)25-3)21-15-9-12(5-6-16(15)26-10-18(21)22)13-11-27-17(20-13)7-8-24-2/h5-6,9,11,14H,4,7-8,10H2,1-3H3. The molecule has 0 bridgehead atoms. The van der Waals surface area contributed by atoms with E-state index in [9.17, 15) is 9.59 Å². The molecule has 0 radical (unpaired) electrons. The minimum absolute atomic E-state index is 0.0995. The summed E-state index contributed by atoms with van der Waals surface area (Å²) in [6.45, 7) is 2.36. The fourth-order valence-electron chi connectivity index (χ4n) is 3.01. The Morgan fingerprint density at radius 1 is 1.41 bits per heavy atom. The molecule has 1 aromatic carbocycles. The Bertz CT molecular complexity index is 835. The number of aromatic nitrogens is 1. The highest BCUT2D eigenvalue weighted by atomic mass is 32.1. The average molecular weight is 390 g/mol. The lowest BCUT2D eigenvalue weighted by Crippen LogP contribution is -2.49.